The monoisotopic (exact) mass is 248 g/mol. The van der Waals surface area contributed by atoms with Gasteiger partial charge in [-0.05, 0) is 22.0 Å². The van der Waals surface area contributed by atoms with Crippen LogP contribution in [-0.2, 0) is 9.47 Å². The van der Waals surface area contributed by atoms with Crippen LogP contribution in [-0.4, -0.2) is 14.2 Å². The predicted molar refractivity (Wildman–Crippen MR) is 50.9 cm³/mol. The predicted octanol–water partition coefficient (Wildman–Crippen LogP) is 2.88. The Morgan fingerprint density at radius 3 is 2.46 bits per heavy atom. The van der Waals surface area contributed by atoms with Gasteiger partial charge >= 0.3 is 0 Å². The highest BCUT2D eigenvalue weighted by Gasteiger charge is 2.14. The van der Waals surface area contributed by atoms with Crippen LogP contribution in [0.3, 0.4) is 0 Å². The normalized spacial score (nSPS) is 10.8. The van der Waals surface area contributed by atoms with Gasteiger partial charge in [-0.25, -0.2) is 4.39 Å². The molecule has 0 aliphatic heterocycles. The molecule has 0 atom stereocenters. The lowest BCUT2D eigenvalue weighted by Crippen LogP contribution is -2.05. The van der Waals surface area contributed by atoms with Crippen molar-refractivity contribution in [1.29, 1.82) is 0 Å². The van der Waals surface area contributed by atoms with Gasteiger partial charge < -0.3 is 9.47 Å². The molecule has 0 aromatic heterocycles. The maximum atomic E-state index is 13.1. The summed E-state index contributed by atoms with van der Waals surface area (Å²) in [5.74, 6) is -0.323. The van der Waals surface area contributed by atoms with Gasteiger partial charge in [-0.1, -0.05) is 12.1 Å². The standard InChI is InChI=1S/C9H10BrFO2/c1-12-9(13-2)6-4-3-5-7(11)8(6)10/h3-5,9H,1-2H3. The second-order valence-corrected chi connectivity index (χ2v) is 3.24. The Kier molecular flexibility index (Phi) is 3.84. The minimum absolute atomic E-state index is 0.323. The lowest BCUT2D eigenvalue weighted by atomic mass is 10.2. The zero-order valence-corrected chi connectivity index (χ0v) is 8.97. The van der Waals surface area contributed by atoms with Gasteiger partial charge in [-0.3, -0.25) is 0 Å². The van der Waals surface area contributed by atoms with Crippen LogP contribution < -0.4 is 0 Å². The van der Waals surface area contributed by atoms with Crippen molar-refractivity contribution in [3.8, 4) is 0 Å². The van der Waals surface area contributed by atoms with Crippen LogP contribution in [0.4, 0.5) is 4.39 Å². The maximum Gasteiger partial charge on any atom is 0.184 e. The molecule has 0 saturated carbocycles. The summed E-state index contributed by atoms with van der Waals surface area (Å²) in [7, 11) is 3.01. The first-order valence-corrected chi connectivity index (χ1v) is 4.49. The van der Waals surface area contributed by atoms with Crippen molar-refractivity contribution in [2.75, 3.05) is 14.2 Å². The fourth-order valence-corrected chi connectivity index (χ4v) is 1.50. The summed E-state index contributed by atoms with van der Waals surface area (Å²) in [4.78, 5) is 0. The van der Waals surface area contributed by atoms with Gasteiger partial charge in [-0.15, -0.1) is 0 Å². The second kappa shape index (κ2) is 4.69. The van der Waals surface area contributed by atoms with E-state index in [0.29, 0.717) is 10.0 Å². The first-order valence-electron chi connectivity index (χ1n) is 3.70. The topological polar surface area (TPSA) is 18.5 Å². The van der Waals surface area contributed by atoms with Crippen LogP contribution in [0.1, 0.15) is 11.9 Å². The molecule has 13 heavy (non-hydrogen) atoms. The molecule has 0 unspecified atom stereocenters. The molecule has 0 amide bonds. The molecule has 0 aliphatic rings. The van der Waals surface area contributed by atoms with E-state index < -0.39 is 6.29 Å². The Morgan fingerprint density at radius 2 is 1.92 bits per heavy atom. The number of halogens is 2. The SMILES string of the molecule is COC(OC)c1cccc(F)c1Br. The summed E-state index contributed by atoms with van der Waals surface area (Å²) in [6.07, 6.45) is -0.537. The number of rotatable bonds is 3. The third-order valence-corrected chi connectivity index (χ3v) is 2.50. The zero-order valence-electron chi connectivity index (χ0n) is 7.38. The van der Waals surface area contributed by atoms with E-state index in [9.17, 15) is 4.39 Å². The molecular weight excluding hydrogens is 239 g/mol. The summed E-state index contributed by atoms with van der Waals surface area (Å²) >= 11 is 3.13. The van der Waals surface area contributed by atoms with E-state index in [2.05, 4.69) is 15.9 Å². The minimum Gasteiger partial charge on any atom is -0.352 e. The lowest BCUT2D eigenvalue weighted by Gasteiger charge is -2.15. The molecule has 0 heterocycles. The Bertz CT molecular complexity index is 287. The average molecular weight is 249 g/mol. The van der Waals surface area contributed by atoms with E-state index >= 15 is 0 Å². The Hall–Kier alpha value is -0.450. The molecule has 0 spiro atoms. The van der Waals surface area contributed by atoms with Crippen molar-refractivity contribution < 1.29 is 13.9 Å². The summed E-state index contributed by atoms with van der Waals surface area (Å²) in [5, 5.41) is 0. The first kappa shape index (κ1) is 10.6. The fourth-order valence-electron chi connectivity index (χ4n) is 1.05. The second-order valence-electron chi connectivity index (χ2n) is 2.45. The summed E-state index contributed by atoms with van der Waals surface area (Å²) in [5.41, 5.74) is 0.644. The van der Waals surface area contributed by atoms with Crippen molar-refractivity contribution in [3.05, 3.63) is 34.1 Å². The number of hydrogen-bond donors (Lipinski definition) is 0. The fraction of sp³-hybridized carbons (Fsp3) is 0.333. The van der Waals surface area contributed by atoms with Gasteiger partial charge in [0.15, 0.2) is 6.29 Å². The van der Waals surface area contributed by atoms with Gasteiger partial charge in [0.25, 0.3) is 0 Å². The van der Waals surface area contributed by atoms with Crippen LogP contribution in [0.2, 0.25) is 0 Å². The van der Waals surface area contributed by atoms with E-state index in [1.165, 1.54) is 20.3 Å². The Labute approximate surface area is 84.8 Å². The highest BCUT2D eigenvalue weighted by atomic mass is 79.9. The number of ether oxygens (including phenoxy) is 2. The molecule has 0 bridgehead atoms. The van der Waals surface area contributed by atoms with Crippen LogP contribution >= 0.6 is 15.9 Å². The molecule has 1 aromatic rings. The molecule has 2 nitrogen and oxygen atoms in total. The Morgan fingerprint density at radius 1 is 1.31 bits per heavy atom. The van der Waals surface area contributed by atoms with Crippen molar-refractivity contribution in [3.63, 3.8) is 0 Å². The van der Waals surface area contributed by atoms with Crippen LogP contribution in [0.25, 0.3) is 0 Å². The molecular formula is C9H10BrFO2. The highest BCUT2D eigenvalue weighted by molar-refractivity contribution is 9.10. The van der Waals surface area contributed by atoms with Crippen molar-refractivity contribution in [2.45, 2.75) is 6.29 Å². The Balaban J connectivity index is 3.05. The van der Waals surface area contributed by atoms with E-state index in [0.717, 1.165) is 0 Å². The summed E-state index contributed by atoms with van der Waals surface area (Å²) in [6.45, 7) is 0. The van der Waals surface area contributed by atoms with Crippen molar-refractivity contribution in [2.24, 2.45) is 0 Å². The van der Waals surface area contributed by atoms with Gasteiger partial charge in [-0.2, -0.15) is 0 Å². The van der Waals surface area contributed by atoms with Crippen LogP contribution in [0.15, 0.2) is 22.7 Å². The van der Waals surface area contributed by atoms with Crippen molar-refractivity contribution in [1.82, 2.24) is 0 Å². The average Bonchev–Trinajstić information content (AvgIpc) is 2.14. The smallest absolute Gasteiger partial charge is 0.184 e. The van der Waals surface area contributed by atoms with E-state index in [4.69, 9.17) is 9.47 Å². The third-order valence-electron chi connectivity index (χ3n) is 1.66. The molecule has 0 saturated heterocycles. The molecule has 0 fully saturated rings. The van der Waals surface area contributed by atoms with E-state index in [-0.39, 0.29) is 5.82 Å². The van der Waals surface area contributed by atoms with Crippen molar-refractivity contribution >= 4 is 15.9 Å². The molecule has 1 aromatic carbocycles. The zero-order chi connectivity index (χ0) is 9.84. The van der Waals surface area contributed by atoms with Gasteiger partial charge in [0.1, 0.15) is 5.82 Å². The lowest BCUT2D eigenvalue weighted by molar-refractivity contribution is -0.106. The number of methoxy groups -OCH3 is 2. The molecule has 0 N–H and O–H groups in total. The molecule has 4 heteroatoms. The van der Waals surface area contributed by atoms with Crippen LogP contribution in [0, 0.1) is 5.82 Å². The molecule has 0 aliphatic carbocycles. The van der Waals surface area contributed by atoms with E-state index in [1.807, 2.05) is 0 Å². The number of benzene rings is 1. The first-order chi connectivity index (χ1) is 6.20. The van der Waals surface area contributed by atoms with Gasteiger partial charge in [0.05, 0.1) is 4.47 Å². The van der Waals surface area contributed by atoms with E-state index in [1.54, 1.807) is 12.1 Å². The molecule has 0 radical (unpaired) electrons. The van der Waals surface area contributed by atoms with Gasteiger partial charge in [0.2, 0.25) is 0 Å². The minimum atomic E-state index is -0.537. The molecule has 1 rings (SSSR count). The van der Waals surface area contributed by atoms with Crippen LogP contribution in [0.5, 0.6) is 0 Å². The highest BCUT2D eigenvalue weighted by Crippen LogP contribution is 2.27. The summed E-state index contributed by atoms with van der Waals surface area (Å²) in [6, 6.07) is 4.72. The largest absolute Gasteiger partial charge is 0.352 e. The third kappa shape index (κ3) is 2.27. The molecule has 72 valence electrons. The van der Waals surface area contributed by atoms with Gasteiger partial charge in [0, 0.05) is 19.8 Å². The maximum absolute atomic E-state index is 13.1. The number of hydrogen-bond acceptors (Lipinski definition) is 2. The summed E-state index contributed by atoms with van der Waals surface area (Å²) < 4.78 is 23.4. The quantitative estimate of drug-likeness (QED) is 0.767.